The number of rotatable bonds is 3. The fraction of sp³-hybridized carbons (Fsp3) is 0.600. The van der Waals surface area contributed by atoms with Gasteiger partial charge in [-0.05, 0) is 44.0 Å². The first kappa shape index (κ1) is 13.7. The molecule has 2 rings (SSSR count). The molecule has 18 heavy (non-hydrogen) atoms. The van der Waals surface area contributed by atoms with Crippen molar-refractivity contribution in [2.45, 2.75) is 44.6 Å². The van der Waals surface area contributed by atoms with Gasteiger partial charge in [0, 0.05) is 16.1 Å². The molecule has 0 aromatic heterocycles. The number of hydrogen-bond donors (Lipinski definition) is 1. The Morgan fingerprint density at radius 2 is 2.17 bits per heavy atom. The Balaban J connectivity index is 2.44. The first-order chi connectivity index (χ1) is 8.72. The molecule has 100 valence electrons. The molecule has 3 heteroatoms. The second-order valence-electron chi connectivity index (χ2n) is 5.02. The predicted octanol–water partition coefficient (Wildman–Crippen LogP) is 4.12. The van der Waals surface area contributed by atoms with Crippen molar-refractivity contribution < 1.29 is 4.74 Å². The Kier molecular flexibility index (Phi) is 4.52. The Labute approximate surface area is 115 Å². The monoisotopic (exact) mass is 267 g/mol. The summed E-state index contributed by atoms with van der Waals surface area (Å²) in [7, 11) is 1.73. The van der Waals surface area contributed by atoms with Crippen LogP contribution in [0.1, 0.15) is 44.6 Å². The maximum atomic E-state index is 6.17. The zero-order valence-electron chi connectivity index (χ0n) is 11.3. The van der Waals surface area contributed by atoms with Crippen LogP contribution in [0.25, 0.3) is 0 Å². The molecule has 0 aliphatic carbocycles. The smallest absolute Gasteiger partial charge is 0.124 e. The van der Waals surface area contributed by atoms with E-state index in [0.29, 0.717) is 0 Å². The lowest BCUT2D eigenvalue weighted by Crippen LogP contribution is -2.41. The van der Waals surface area contributed by atoms with Crippen molar-refractivity contribution in [2.24, 2.45) is 0 Å². The third kappa shape index (κ3) is 2.65. The molecule has 1 aliphatic rings. The topological polar surface area (TPSA) is 21.3 Å². The summed E-state index contributed by atoms with van der Waals surface area (Å²) in [5, 5.41) is 4.51. The summed E-state index contributed by atoms with van der Waals surface area (Å²) in [6.07, 6.45) is 6.03. The fourth-order valence-corrected chi connectivity index (χ4v) is 3.09. The summed E-state index contributed by atoms with van der Waals surface area (Å²) in [5.74, 6) is 0.940. The van der Waals surface area contributed by atoms with Gasteiger partial charge in [0.05, 0.1) is 7.11 Å². The fourth-order valence-electron chi connectivity index (χ4n) is 2.92. The van der Waals surface area contributed by atoms with Crippen molar-refractivity contribution in [3.63, 3.8) is 0 Å². The van der Waals surface area contributed by atoms with Gasteiger partial charge in [-0.2, -0.15) is 0 Å². The van der Waals surface area contributed by atoms with Crippen LogP contribution in [0.15, 0.2) is 18.2 Å². The van der Waals surface area contributed by atoms with Crippen molar-refractivity contribution in [3.8, 4) is 5.75 Å². The van der Waals surface area contributed by atoms with Crippen molar-refractivity contribution in [1.82, 2.24) is 5.32 Å². The molecule has 1 atom stereocenters. The van der Waals surface area contributed by atoms with Crippen LogP contribution in [-0.2, 0) is 5.54 Å². The molecule has 1 aromatic carbocycles. The second-order valence-corrected chi connectivity index (χ2v) is 5.45. The normalized spacial score (nSPS) is 24.6. The molecule has 1 saturated heterocycles. The van der Waals surface area contributed by atoms with Crippen molar-refractivity contribution in [3.05, 3.63) is 28.8 Å². The highest BCUT2D eigenvalue weighted by Crippen LogP contribution is 2.39. The maximum Gasteiger partial charge on any atom is 0.124 e. The van der Waals surface area contributed by atoms with E-state index in [1.165, 1.54) is 24.8 Å². The SMILES string of the molecule is CCC1(c2cc(Cl)ccc2OC)CCCCCN1. The minimum absolute atomic E-state index is 0.0206. The standard InChI is InChI=1S/C15H22ClNO/c1-3-15(9-5-4-6-10-17-15)13-11-12(16)7-8-14(13)18-2/h7-8,11,17H,3-6,9-10H2,1-2H3. The number of methoxy groups -OCH3 is 1. The van der Waals surface area contributed by atoms with Gasteiger partial charge >= 0.3 is 0 Å². The van der Waals surface area contributed by atoms with Crippen LogP contribution in [0.3, 0.4) is 0 Å². The second kappa shape index (κ2) is 5.94. The summed E-state index contributed by atoms with van der Waals surface area (Å²) >= 11 is 6.17. The zero-order chi connectivity index (χ0) is 13.0. The first-order valence-corrected chi connectivity index (χ1v) is 7.19. The summed E-state index contributed by atoms with van der Waals surface area (Å²) in [4.78, 5) is 0. The molecule has 1 unspecified atom stereocenters. The molecule has 0 spiro atoms. The van der Waals surface area contributed by atoms with Gasteiger partial charge in [0.2, 0.25) is 0 Å². The molecule has 1 N–H and O–H groups in total. The van der Waals surface area contributed by atoms with Gasteiger partial charge in [-0.1, -0.05) is 31.4 Å². The van der Waals surface area contributed by atoms with E-state index in [1.807, 2.05) is 12.1 Å². The first-order valence-electron chi connectivity index (χ1n) is 6.81. The lowest BCUT2D eigenvalue weighted by atomic mass is 9.82. The molecule has 1 aliphatic heterocycles. The molecule has 1 fully saturated rings. The van der Waals surface area contributed by atoms with Gasteiger partial charge in [-0.3, -0.25) is 0 Å². The van der Waals surface area contributed by atoms with Crippen molar-refractivity contribution in [2.75, 3.05) is 13.7 Å². The highest BCUT2D eigenvalue weighted by molar-refractivity contribution is 6.30. The van der Waals surface area contributed by atoms with E-state index in [1.54, 1.807) is 7.11 Å². The Morgan fingerprint density at radius 1 is 1.33 bits per heavy atom. The Bertz CT molecular complexity index is 397. The lowest BCUT2D eigenvalue weighted by molar-refractivity contribution is 0.295. The van der Waals surface area contributed by atoms with E-state index < -0.39 is 0 Å². The van der Waals surface area contributed by atoms with Gasteiger partial charge in [-0.15, -0.1) is 0 Å². The number of hydrogen-bond acceptors (Lipinski definition) is 2. The van der Waals surface area contributed by atoms with Gasteiger partial charge in [0.1, 0.15) is 5.75 Å². The average molecular weight is 268 g/mol. The lowest BCUT2D eigenvalue weighted by Gasteiger charge is -2.34. The van der Waals surface area contributed by atoms with Gasteiger partial charge < -0.3 is 10.1 Å². The summed E-state index contributed by atoms with van der Waals surface area (Å²) < 4.78 is 5.52. The Morgan fingerprint density at radius 3 is 2.89 bits per heavy atom. The number of nitrogens with one attached hydrogen (secondary N) is 1. The molecular formula is C15H22ClNO. The highest BCUT2D eigenvalue weighted by Gasteiger charge is 2.33. The summed E-state index contributed by atoms with van der Waals surface area (Å²) in [6.45, 7) is 3.31. The van der Waals surface area contributed by atoms with E-state index in [9.17, 15) is 0 Å². The van der Waals surface area contributed by atoms with Crippen molar-refractivity contribution >= 4 is 11.6 Å². The molecule has 0 amide bonds. The van der Waals surface area contributed by atoms with E-state index in [4.69, 9.17) is 16.3 Å². The number of benzene rings is 1. The highest BCUT2D eigenvalue weighted by atomic mass is 35.5. The van der Waals surface area contributed by atoms with Gasteiger partial charge in [0.15, 0.2) is 0 Å². The van der Waals surface area contributed by atoms with Crippen LogP contribution in [-0.4, -0.2) is 13.7 Å². The summed E-state index contributed by atoms with van der Waals surface area (Å²) in [6, 6.07) is 5.92. The average Bonchev–Trinajstić information content (AvgIpc) is 2.65. The van der Waals surface area contributed by atoms with E-state index in [2.05, 4.69) is 18.3 Å². The minimum Gasteiger partial charge on any atom is -0.496 e. The van der Waals surface area contributed by atoms with Crippen LogP contribution in [0.4, 0.5) is 0 Å². The minimum atomic E-state index is 0.0206. The van der Waals surface area contributed by atoms with Crippen molar-refractivity contribution in [1.29, 1.82) is 0 Å². The van der Waals surface area contributed by atoms with E-state index in [-0.39, 0.29) is 5.54 Å². The molecule has 0 bridgehead atoms. The molecule has 1 heterocycles. The molecule has 0 saturated carbocycles. The van der Waals surface area contributed by atoms with E-state index in [0.717, 1.165) is 30.2 Å². The van der Waals surface area contributed by atoms with Gasteiger partial charge in [0.25, 0.3) is 0 Å². The largest absolute Gasteiger partial charge is 0.496 e. The molecule has 0 radical (unpaired) electrons. The third-order valence-corrected chi connectivity index (χ3v) is 4.26. The third-order valence-electron chi connectivity index (χ3n) is 4.02. The predicted molar refractivity (Wildman–Crippen MR) is 76.4 cm³/mol. The Hall–Kier alpha value is -0.730. The molecule has 2 nitrogen and oxygen atoms in total. The summed E-state index contributed by atoms with van der Waals surface area (Å²) in [5.41, 5.74) is 1.23. The van der Waals surface area contributed by atoms with Crippen LogP contribution < -0.4 is 10.1 Å². The van der Waals surface area contributed by atoms with Gasteiger partial charge in [-0.25, -0.2) is 0 Å². The van der Waals surface area contributed by atoms with Crippen LogP contribution in [0.5, 0.6) is 5.75 Å². The molecular weight excluding hydrogens is 246 g/mol. The molecule has 1 aromatic rings. The van der Waals surface area contributed by atoms with Crippen LogP contribution in [0.2, 0.25) is 5.02 Å². The van der Waals surface area contributed by atoms with Crippen LogP contribution in [0, 0.1) is 0 Å². The zero-order valence-corrected chi connectivity index (χ0v) is 12.0. The van der Waals surface area contributed by atoms with E-state index >= 15 is 0 Å². The quantitative estimate of drug-likeness (QED) is 0.890. The van der Waals surface area contributed by atoms with Crippen LogP contribution >= 0.6 is 11.6 Å². The number of ether oxygens (including phenoxy) is 1. The maximum absolute atomic E-state index is 6.17. The number of halogens is 1.